The summed E-state index contributed by atoms with van der Waals surface area (Å²) in [5, 5.41) is 23.2. The van der Waals surface area contributed by atoms with Crippen LogP contribution in [-0.4, -0.2) is 45.5 Å². The van der Waals surface area contributed by atoms with E-state index >= 15 is 0 Å². The van der Waals surface area contributed by atoms with E-state index in [0.29, 0.717) is 71.8 Å². The topological polar surface area (TPSA) is 105 Å². The zero-order valence-electron chi connectivity index (χ0n) is 24.6. The minimum atomic E-state index is -0.244. The standard InChI is InChI=1S/C33H48N2O5/c1-5-21-26-16-20(37)10-13-33(26,4)25-11-14-32(3)23(7-8-24(32)29(25)30(21)38)19(2)12-15-39-28-9-6-22-27(40-18-36)17-34-31(22)35-28/h6,9,17-21,23-26,29-30,37-38H,5,7-8,10-16H2,1-4H3,(H,34,35)/t19-,20-,21-,23-,24+,25+,26+,29+,30-,32-,33-/m1/s1. The van der Waals surface area contributed by atoms with Crippen molar-refractivity contribution < 1.29 is 24.5 Å². The molecule has 40 heavy (non-hydrogen) atoms. The molecule has 4 fully saturated rings. The zero-order chi connectivity index (χ0) is 28.2. The number of aromatic nitrogens is 2. The third-order valence-electron chi connectivity index (χ3n) is 12.6. The average molecular weight is 553 g/mol. The van der Waals surface area contributed by atoms with Crippen molar-refractivity contribution in [1.29, 1.82) is 0 Å². The summed E-state index contributed by atoms with van der Waals surface area (Å²) in [5.74, 6) is 4.49. The van der Waals surface area contributed by atoms with Gasteiger partial charge >= 0.3 is 0 Å². The van der Waals surface area contributed by atoms with Crippen LogP contribution >= 0.6 is 0 Å². The fourth-order valence-corrected chi connectivity index (χ4v) is 10.7. The van der Waals surface area contributed by atoms with E-state index in [4.69, 9.17) is 9.47 Å². The van der Waals surface area contributed by atoms with Gasteiger partial charge in [0.1, 0.15) is 5.65 Å². The van der Waals surface area contributed by atoms with E-state index in [1.165, 1.54) is 25.7 Å². The molecule has 6 rings (SSSR count). The Bertz CT molecular complexity index is 1210. The van der Waals surface area contributed by atoms with Crippen molar-refractivity contribution in [2.24, 2.45) is 52.3 Å². The van der Waals surface area contributed by atoms with Gasteiger partial charge in [-0.15, -0.1) is 0 Å². The number of ether oxygens (including phenoxy) is 2. The van der Waals surface area contributed by atoms with Crippen LogP contribution in [0.5, 0.6) is 11.6 Å². The summed E-state index contributed by atoms with van der Waals surface area (Å²) in [6.45, 7) is 10.7. The second-order valence-corrected chi connectivity index (χ2v) is 14.1. The molecule has 7 heteroatoms. The van der Waals surface area contributed by atoms with Crippen LogP contribution in [0.25, 0.3) is 11.0 Å². The van der Waals surface area contributed by atoms with Gasteiger partial charge in [0.15, 0.2) is 5.75 Å². The fourth-order valence-electron chi connectivity index (χ4n) is 10.7. The van der Waals surface area contributed by atoms with E-state index in [1.807, 2.05) is 12.1 Å². The van der Waals surface area contributed by atoms with Crippen molar-refractivity contribution in [3.63, 3.8) is 0 Å². The van der Waals surface area contributed by atoms with Crippen LogP contribution in [0.2, 0.25) is 0 Å². The predicted octanol–water partition coefficient (Wildman–Crippen LogP) is 6.13. The maximum atomic E-state index is 11.9. The highest BCUT2D eigenvalue weighted by atomic mass is 16.5. The first-order chi connectivity index (χ1) is 19.2. The van der Waals surface area contributed by atoms with Gasteiger partial charge in [-0.05, 0) is 110 Å². The molecule has 4 aliphatic rings. The van der Waals surface area contributed by atoms with Gasteiger partial charge in [0, 0.05) is 12.3 Å². The fraction of sp³-hybridized carbons (Fsp3) is 0.758. The van der Waals surface area contributed by atoms with Crippen LogP contribution in [0, 0.1) is 52.3 Å². The third-order valence-corrected chi connectivity index (χ3v) is 12.6. The van der Waals surface area contributed by atoms with Gasteiger partial charge in [0.2, 0.25) is 5.88 Å². The normalized spacial score (nSPS) is 41.5. The highest BCUT2D eigenvalue weighted by molar-refractivity contribution is 5.84. The Balaban J connectivity index is 1.13. The second-order valence-electron chi connectivity index (χ2n) is 14.1. The van der Waals surface area contributed by atoms with E-state index in [1.54, 1.807) is 6.20 Å². The molecule has 0 spiro atoms. The maximum absolute atomic E-state index is 11.9. The molecular formula is C33H48N2O5. The van der Waals surface area contributed by atoms with Crippen molar-refractivity contribution in [2.75, 3.05) is 6.61 Å². The van der Waals surface area contributed by atoms with Crippen molar-refractivity contribution in [3.05, 3.63) is 18.3 Å². The Kier molecular flexibility index (Phi) is 7.44. The molecule has 0 unspecified atom stereocenters. The van der Waals surface area contributed by atoms with Gasteiger partial charge in [-0.2, -0.15) is 4.98 Å². The summed E-state index contributed by atoms with van der Waals surface area (Å²) in [5.41, 5.74) is 1.15. The lowest BCUT2D eigenvalue weighted by Gasteiger charge is -2.64. The van der Waals surface area contributed by atoms with Gasteiger partial charge in [-0.25, -0.2) is 0 Å². The molecule has 0 saturated heterocycles. The molecule has 2 aromatic heterocycles. The zero-order valence-corrected chi connectivity index (χ0v) is 24.6. The number of pyridine rings is 1. The first-order valence-corrected chi connectivity index (χ1v) is 15.8. The number of aliphatic hydroxyl groups is 2. The average Bonchev–Trinajstić information content (AvgIpc) is 3.50. The lowest BCUT2D eigenvalue weighted by molar-refractivity contribution is -0.203. The minimum absolute atomic E-state index is 0.197. The molecule has 2 aromatic rings. The van der Waals surface area contributed by atoms with Crippen LogP contribution < -0.4 is 9.47 Å². The quantitative estimate of drug-likeness (QED) is 0.340. The number of hydrogen-bond donors (Lipinski definition) is 3. The molecule has 7 nitrogen and oxygen atoms in total. The molecule has 0 amide bonds. The minimum Gasteiger partial charge on any atom is -0.478 e. The number of nitrogens with one attached hydrogen (secondary N) is 1. The summed E-state index contributed by atoms with van der Waals surface area (Å²) in [4.78, 5) is 18.3. The Labute approximate surface area is 238 Å². The number of hydrogen-bond acceptors (Lipinski definition) is 6. The van der Waals surface area contributed by atoms with Crippen molar-refractivity contribution in [3.8, 4) is 11.6 Å². The molecule has 2 heterocycles. The Hall–Kier alpha value is -2.12. The van der Waals surface area contributed by atoms with Crippen molar-refractivity contribution in [2.45, 2.75) is 97.7 Å². The Morgan fingerprint density at radius 3 is 2.65 bits per heavy atom. The molecule has 0 bridgehead atoms. The summed E-state index contributed by atoms with van der Waals surface area (Å²) in [6.07, 6.45) is 11.0. The van der Waals surface area contributed by atoms with Crippen LogP contribution in [0.3, 0.4) is 0 Å². The Morgan fingerprint density at radius 1 is 1.10 bits per heavy atom. The number of nitrogens with zero attached hydrogens (tertiary/aromatic N) is 1. The first-order valence-electron chi connectivity index (χ1n) is 15.8. The molecule has 0 aromatic carbocycles. The maximum Gasteiger partial charge on any atom is 0.298 e. The van der Waals surface area contributed by atoms with Gasteiger partial charge in [-0.1, -0.05) is 34.1 Å². The number of carbonyl (C=O) groups excluding carboxylic acids is 1. The van der Waals surface area contributed by atoms with Crippen LogP contribution in [-0.2, 0) is 4.79 Å². The molecule has 220 valence electrons. The monoisotopic (exact) mass is 552 g/mol. The molecule has 0 aliphatic heterocycles. The number of fused-ring (bicyclic) bond motifs is 6. The summed E-state index contributed by atoms with van der Waals surface area (Å²) >= 11 is 0. The lowest BCUT2D eigenvalue weighted by atomic mass is 9.41. The predicted molar refractivity (Wildman–Crippen MR) is 154 cm³/mol. The second kappa shape index (κ2) is 10.6. The van der Waals surface area contributed by atoms with Crippen LogP contribution in [0.4, 0.5) is 0 Å². The lowest BCUT2D eigenvalue weighted by Crippen LogP contribution is -2.62. The summed E-state index contributed by atoms with van der Waals surface area (Å²) in [6, 6.07) is 3.70. The molecule has 4 saturated carbocycles. The first kappa shape index (κ1) is 28.0. The van der Waals surface area contributed by atoms with E-state index in [2.05, 4.69) is 37.7 Å². The SMILES string of the molecule is CC[C@H]1[C@@H](O)[C@@H]2[C@H](CC[C@]3(C)[C@@H]([C@H](C)CCOc4ccc5c(OC=O)c[nH]c5n4)CC[C@@H]23)[C@@]2(C)CC[C@@H](O)C[C@@H]12. The molecule has 0 radical (unpaired) electrons. The van der Waals surface area contributed by atoms with E-state index in [9.17, 15) is 15.0 Å². The Morgan fingerprint density at radius 2 is 1.88 bits per heavy atom. The van der Waals surface area contributed by atoms with Crippen molar-refractivity contribution in [1.82, 2.24) is 9.97 Å². The van der Waals surface area contributed by atoms with Gasteiger partial charge in [0.05, 0.1) is 24.2 Å². The molecule has 11 atom stereocenters. The highest BCUT2D eigenvalue weighted by Gasteiger charge is 2.64. The van der Waals surface area contributed by atoms with E-state index in [0.717, 1.165) is 37.5 Å². The van der Waals surface area contributed by atoms with Crippen molar-refractivity contribution >= 4 is 17.5 Å². The van der Waals surface area contributed by atoms with E-state index < -0.39 is 0 Å². The third kappa shape index (κ3) is 4.38. The number of carbonyl (C=O) groups is 1. The van der Waals surface area contributed by atoms with Crippen LogP contribution in [0.1, 0.15) is 85.5 Å². The molecule has 4 aliphatic carbocycles. The largest absolute Gasteiger partial charge is 0.478 e. The highest BCUT2D eigenvalue weighted by Crippen LogP contribution is 2.69. The smallest absolute Gasteiger partial charge is 0.298 e. The molecular weight excluding hydrogens is 504 g/mol. The van der Waals surface area contributed by atoms with Gasteiger partial charge in [0.25, 0.3) is 6.47 Å². The number of H-pyrrole nitrogens is 1. The van der Waals surface area contributed by atoms with Crippen LogP contribution in [0.15, 0.2) is 18.3 Å². The summed E-state index contributed by atoms with van der Waals surface area (Å²) in [7, 11) is 0. The van der Waals surface area contributed by atoms with Gasteiger partial charge in [-0.3, -0.25) is 4.79 Å². The number of aromatic amines is 1. The molecule has 3 N–H and O–H groups in total. The van der Waals surface area contributed by atoms with E-state index in [-0.39, 0.29) is 23.0 Å². The number of rotatable bonds is 8. The number of aliphatic hydroxyl groups excluding tert-OH is 2. The summed E-state index contributed by atoms with van der Waals surface area (Å²) < 4.78 is 11.1. The van der Waals surface area contributed by atoms with Gasteiger partial charge < -0.3 is 24.7 Å².